The summed E-state index contributed by atoms with van der Waals surface area (Å²) in [5.41, 5.74) is 2.82. The third-order valence-electron chi connectivity index (χ3n) is 3.70. The highest BCUT2D eigenvalue weighted by Gasteiger charge is 2.10. The molecule has 3 rings (SSSR count). The van der Waals surface area contributed by atoms with E-state index in [9.17, 15) is 4.79 Å². The number of anilines is 1. The number of rotatable bonds is 7. The zero-order valence-corrected chi connectivity index (χ0v) is 15.8. The highest BCUT2D eigenvalue weighted by Crippen LogP contribution is 2.21. The second-order valence-corrected chi connectivity index (χ2v) is 6.99. The molecular formula is C19H18ClN3O2S. The van der Waals surface area contributed by atoms with Crippen LogP contribution in [0.15, 0.2) is 53.1 Å². The van der Waals surface area contributed by atoms with Gasteiger partial charge in [0, 0.05) is 16.3 Å². The SMILES string of the molecule is CCc1ccccc1NC(=O)CSCc1nc(-c2ccc(Cl)cc2)no1. The topological polar surface area (TPSA) is 68.0 Å². The molecule has 3 aromatic rings. The largest absolute Gasteiger partial charge is 0.338 e. The number of hydrogen-bond acceptors (Lipinski definition) is 5. The predicted molar refractivity (Wildman–Crippen MR) is 105 cm³/mol. The van der Waals surface area contributed by atoms with E-state index in [0.717, 1.165) is 23.2 Å². The highest BCUT2D eigenvalue weighted by molar-refractivity contribution is 7.99. The molecule has 26 heavy (non-hydrogen) atoms. The number of halogens is 1. The number of hydrogen-bond donors (Lipinski definition) is 1. The molecule has 0 aliphatic carbocycles. The maximum atomic E-state index is 12.1. The Balaban J connectivity index is 1.50. The van der Waals surface area contributed by atoms with Crippen molar-refractivity contribution >= 4 is 35.0 Å². The van der Waals surface area contributed by atoms with Gasteiger partial charge in [-0.15, -0.1) is 11.8 Å². The van der Waals surface area contributed by atoms with Gasteiger partial charge in [0.05, 0.1) is 11.5 Å². The first-order valence-electron chi connectivity index (χ1n) is 8.19. The van der Waals surface area contributed by atoms with E-state index in [0.29, 0.717) is 28.2 Å². The molecule has 0 saturated heterocycles. The van der Waals surface area contributed by atoms with Gasteiger partial charge >= 0.3 is 0 Å². The molecule has 1 aromatic heterocycles. The molecule has 0 unspecified atom stereocenters. The van der Waals surface area contributed by atoms with Gasteiger partial charge in [-0.25, -0.2) is 0 Å². The molecule has 0 saturated carbocycles. The molecule has 134 valence electrons. The fourth-order valence-corrected chi connectivity index (χ4v) is 3.18. The molecule has 0 aliphatic rings. The molecule has 1 heterocycles. The molecule has 5 nitrogen and oxygen atoms in total. The molecule has 2 aromatic carbocycles. The molecule has 7 heteroatoms. The molecule has 1 N–H and O–H groups in total. The van der Waals surface area contributed by atoms with E-state index >= 15 is 0 Å². The van der Waals surface area contributed by atoms with Gasteiger partial charge in [0.1, 0.15) is 0 Å². The highest BCUT2D eigenvalue weighted by atomic mass is 35.5. The van der Waals surface area contributed by atoms with Crippen LogP contribution in [0.1, 0.15) is 18.4 Å². The Hall–Kier alpha value is -2.31. The van der Waals surface area contributed by atoms with Crippen LogP contribution in [0.4, 0.5) is 5.69 Å². The minimum atomic E-state index is -0.0478. The average Bonchev–Trinajstić information content (AvgIpc) is 3.11. The first-order valence-corrected chi connectivity index (χ1v) is 9.73. The van der Waals surface area contributed by atoms with E-state index in [2.05, 4.69) is 22.4 Å². The van der Waals surface area contributed by atoms with E-state index in [1.165, 1.54) is 11.8 Å². The smallest absolute Gasteiger partial charge is 0.236 e. The van der Waals surface area contributed by atoms with Crippen LogP contribution in [0.2, 0.25) is 5.02 Å². The summed E-state index contributed by atoms with van der Waals surface area (Å²) in [6.07, 6.45) is 0.874. The normalized spacial score (nSPS) is 10.7. The minimum Gasteiger partial charge on any atom is -0.338 e. The maximum absolute atomic E-state index is 12.1. The number of thioether (sulfide) groups is 1. The molecule has 0 aliphatic heterocycles. The lowest BCUT2D eigenvalue weighted by Crippen LogP contribution is -2.15. The average molecular weight is 388 g/mol. The third kappa shape index (κ3) is 4.86. The lowest BCUT2D eigenvalue weighted by Gasteiger charge is -2.09. The van der Waals surface area contributed by atoms with Crippen molar-refractivity contribution in [2.45, 2.75) is 19.1 Å². The second kappa shape index (κ2) is 8.87. The number of nitrogens with zero attached hydrogens (tertiary/aromatic N) is 2. The second-order valence-electron chi connectivity index (χ2n) is 5.57. The standard InChI is InChI=1S/C19H18ClN3O2S/c1-2-13-5-3-4-6-16(13)21-17(24)11-26-12-18-22-19(23-25-18)14-7-9-15(20)10-8-14/h3-10H,2,11-12H2,1H3,(H,21,24). The molecule has 1 amide bonds. The Kier molecular flexibility index (Phi) is 6.30. The van der Waals surface area contributed by atoms with Gasteiger partial charge in [-0.1, -0.05) is 41.9 Å². The van der Waals surface area contributed by atoms with Crippen molar-refractivity contribution in [3.63, 3.8) is 0 Å². The molecule has 0 radical (unpaired) electrons. The Morgan fingerprint density at radius 3 is 2.73 bits per heavy atom. The van der Waals surface area contributed by atoms with E-state index < -0.39 is 0 Å². The van der Waals surface area contributed by atoms with Crippen molar-refractivity contribution in [3.05, 3.63) is 65.0 Å². The van der Waals surface area contributed by atoms with Gasteiger partial charge in [-0.3, -0.25) is 4.79 Å². The summed E-state index contributed by atoms with van der Waals surface area (Å²) in [5.74, 6) is 1.74. The summed E-state index contributed by atoms with van der Waals surface area (Å²) in [4.78, 5) is 16.5. The zero-order valence-electron chi connectivity index (χ0n) is 14.2. The van der Waals surface area contributed by atoms with Crippen LogP contribution >= 0.6 is 23.4 Å². The number of benzene rings is 2. The van der Waals surface area contributed by atoms with E-state index in [1.807, 2.05) is 36.4 Å². The van der Waals surface area contributed by atoms with Crippen LogP contribution < -0.4 is 5.32 Å². The quantitative estimate of drug-likeness (QED) is 0.629. The lowest BCUT2D eigenvalue weighted by molar-refractivity contribution is -0.113. The molecule has 0 fully saturated rings. The van der Waals surface area contributed by atoms with Gasteiger partial charge in [0.25, 0.3) is 0 Å². The van der Waals surface area contributed by atoms with E-state index in [4.69, 9.17) is 16.1 Å². The van der Waals surface area contributed by atoms with Crippen LogP contribution in [0, 0.1) is 0 Å². The van der Waals surface area contributed by atoms with Gasteiger partial charge in [-0.2, -0.15) is 4.98 Å². The zero-order chi connectivity index (χ0) is 18.4. The monoisotopic (exact) mass is 387 g/mol. The molecule has 0 bridgehead atoms. The summed E-state index contributed by atoms with van der Waals surface area (Å²) in [5, 5.41) is 7.56. The first-order chi connectivity index (χ1) is 12.7. The van der Waals surface area contributed by atoms with Crippen LogP contribution in [0.5, 0.6) is 0 Å². The van der Waals surface area contributed by atoms with Crippen molar-refractivity contribution in [2.24, 2.45) is 0 Å². The Morgan fingerprint density at radius 2 is 1.96 bits per heavy atom. The van der Waals surface area contributed by atoms with E-state index in [1.54, 1.807) is 12.1 Å². The fourth-order valence-electron chi connectivity index (χ4n) is 2.40. The van der Waals surface area contributed by atoms with Gasteiger partial charge < -0.3 is 9.84 Å². The summed E-state index contributed by atoms with van der Waals surface area (Å²) in [7, 11) is 0. The number of amides is 1. The predicted octanol–water partition coefficient (Wildman–Crippen LogP) is 4.82. The summed E-state index contributed by atoms with van der Waals surface area (Å²) in [6, 6.07) is 15.0. The maximum Gasteiger partial charge on any atom is 0.236 e. The number of carbonyl (C=O) groups excluding carboxylic acids is 1. The summed E-state index contributed by atoms with van der Waals surface area (Å²) in [6.45, 7) is 2.06. The van der Waals surface area contributed by atoms with Crippen LogP contribution in [-0.2, 0) is 17.0 Å². The van der Waals surface area contributed by atoms with Crippen LogP contribution in [0.25, 0.3) is 11.4 Å². The number of aromatic nitrogens is 2. The van der Waals surface area contributed by atoms with Crippen LogP contribution in [-0.4, -0.2) is 21.8 Å². The Bertz CT molecular complexity index is 881. The third-order valence-corrected chi connectivity index (χ3v) is 4.87. The number of nitrogens with one attached hydrogen (secondary N) is 1. The van der Waals surface area contributed by atoms with Gasteiger partial charge in [0.15, 0.2) is 0 Å². The van der Waals surface area contributed by atoms with Crippen molar-refractivity contribution < 1.29 is 9.32 Å². The van der Waals surface area contributed by atoms with Crippen molar-refractivity contribution in [1.29, 1.82) is 0 Å². The first kappa shape index (κ1) is 18.5. The molecule has 0 spiro atoms. The summed E-state index contributed by atoms with van der Waals surface area (Å²) < 4.78 is 5.24. The lowest BCUT2D eigenvalue weighted by atomic mass is 10.1. The summed E-state index contributed by atoms with van der Waals surface area (Å²) >= 11 is 7.30. The van der Waals surface area contributed by atoms with Crippen LogP contribution in [0.3, 0.4) is 0 Å². The van der Waals surface area contributed by atoms with E-state index in [-0.39, 0.29) is 5.91 Å². The molecule has 0 atom stereocenters. The van der Waals surface area contributed by atoms with Crippen molar-refractivity contribution in [3.8, 4) is 11.4 Å². The fraction of sp³-hybridized carbons (Fsp3) is 0.211. The van der Waals surface area contributed by atoms with Crippen molar-refractivity contribution in [1.82, 2.24) is 10.1 Å². The Labute approximate surface area is 161 Å². The molecular weight excluding hydrogens is 370 g/mol. The Morgan fingerprint density at radius 1 is 1.19 bits per heavy atom. The minimum absolute atomic E-state index is 0.0478. The van der Waals surface area contributed by atoms with Gasteiger partial charge in [-0.05, 0) is 42.3 Å². The number of carbonyl (C=O) groups is 1. The number of aryl methyl sites for hydroxylation is 1. The number of para-hydroxylation sites is 1. The van der Waals surface area contributed by atoms with Crippen molar-refractivity contribution in [2.75, 3.05) is 11.1 Å². The van der Waals surface area contributed by atoms with Gasteiger partial charge in [0.2, 0.25) is 17.6 Å².